The van der Waals surface area contributed by atoms with Crippen molar-refractivity contribution in [3.05, 3.63) is 0 Å². The zero-order chi connectivity index (χ0) is 10.5. The second-order valence-corrected chi connectivity index (χ2v) is 10.2. The second kappa shape index (κ2) is 7.50. The molecule has 0 bridgehead atoms. The Hall–Kier alpha value is 1.23. The third-order valence-corrected chi connectivity index (χ3v) is 7.60. The average molecular weight is 249 g/mol. The van der Waals surface area contributed by atoms with Crippen LogP contribution < -0.4 is 0 Å². The van der Waals surface area contributed by atoms with E-state index in [0.717, 1.165) is 25.3 Å². The number of rotatable bonds is 5. The van der Waals surface area contributed by atoms with Gasteiger partial charge in [0.05, 0.1) is 0 Å². The molecule has 0 spiro atoms. The van der Waals surface area contributed by atoms with Crippen molar-refractivity contribution in [1.82, 2.24) is 0 Å². The largest absolute Gasteiger partial charge is 2.00 e. The second-order valence-electron chi connectivity index (χ2n) is 5.00. The van der Waals surface area contributed by atoms with Crippen LogP contribution in [0.5, 0.6) is 0 Å². The van der Waals surface area contributed by atoms with Gasteiger partial charge in [0, 0.05) is 12.5 Å². The standard InChI is InChI=1S/C10H23ClOSi.Mg.2H/c1-10(2,3)13(4,5)12-9-7-6-8-11;;;/h6-9H2,1-5H3;;;/q;+2;2*-1. The van der Waals surface area contributed by atoms with E-state index in [9.17, 15) is 0 Å². The molecule has 0 aromatic carbocycles. The van der Waals surface area contributed by atoms with E-state index in [-0.39, 0.29) is 25.9 Å². The SMILES string of the molecule is CC(C)(C)[Si](C)(C)OCCCCCl.[H-].[H-].[Mg+2]. The van der Waals surface area contributed by atoms with E-state index in [1.54, 1.807) is 0 Å². The van der Waals surface area contributed by atoms with Gasteiger partial charge in [0.15, 0.2) is 8.32 Å². The van der Waals surface area contributed by atoms with E-state index in [1.165, 1.54) is 0 Å². The quantitative estimate of drug-likeness (QED) is 0.408. The van der Waals surface area contributed by atoms with Gasteiger partial charge in [-0.05, 0) is 31.0 Å². The maximum Gasteiger partial charge on any atom is 2.00 e. The van der Waals surface area contributed by atoms with Crippen molar-refractivity contribution in [2.45, 2.75) is 51.7 Å². The van der Waals surface area contributed by atoms with Crippen LogP contribution in [0.4, 0.5) is 0 Å². The van der Waals surface area contributed by atoms with Crippen molar-refractivity contribution < 1.29 is 7.28 Å². The molecule has 84 valence electrons. The van der Waals surface area contributed by atoms with E-state index in [0.29, 0.717) is 5.04 Å². The summed E-state index contributed by atoms with van der Waals surface area (Å²) in [5, 5.41) is 0.327. The summed E-state index contributed by atoms with van der Waals surface area (Å²) >= 11 is 5.60. The van der Waals surface area contributed by atoms with Crippen molar-refractivity contribution in [3.8, 4) is 0 Å². The van der Waals surface area contributed by atoms with Crippen molar-refractivity contribution in [2.75, 3.05) is 12.5 Å². The van der Waals surface area contributed by atoms with Gasteiger partial charge in [-0.2, -0.15) is 0 Å². The first kappa shape index (κ1) is 17.6. The van der Waals surface area contributed by atoms with Crippen molar-refractivity contribution in [3.63, 3.8) is 0 Å². The fourth-order valence-electron chi connectivity index (χ4n) is 0.740. The zero-order valence-corrected chi connectivity index (χ0v) is 13.5. The Bertz CT molecular complexity index is 154. The zero-order valence-electron chi connectivity index (χ0n) is 12.3. The Labute approximate surface area is 114 Å². The van der Waals surface area contributed by atoms with Crippen molar-refractivity contribution >= 4 is 43.0 Å². The number of alkyl halides is 1. The molecule has 0 aromatic rings. The molecule has 0 aromatic heterocycles. The Morgan fingerprint density at radius 3 is 2.07 bits per heavy atom. The smallest absolute Gasteiger partial charge is 1.00 e. The van der Waals surface area contributed by atoms with Crippen LogP contribution in [0.1, 0.15) is 36.5 Å². The van der Waals surface area contributed by atoms with Crippen LogP contribution in [0.2, 0.25) is 18.1 Å². The minimum Gasteiger partial charge on any atom is -1.00 e. The van der Waals surface area contributed by atoms with Crippen LogP contribution in [0.25, 0.3) is 0 Å². The van der Waals surface area contributed by atoms with Crippen LogP contribution in [0.15, 0.2) is 0 Å². The summed E-state index contributed by atoms with van der Waals surface area (Å²) in [6.45, 7) is 12.2. The van der Waals surface area contributed by atoms with Gasteiger partial charge in [0.25, 0.3) is 0 Å². The Morgan fingerprint density at radius 2 is 1.71 bits per heavy atom. The Morgan fingerprint density at radius 1 is 1.21 bits per heavy atom. The van der Waals surface area contributed by atoms with Crippen LogP contribution in [-0.2, 0) is 4.43 Å². The average Bonchev–Trinajstić information content (AvgIpc) is 1.96. The molecule has 4 heteroatoms. The maximum atomic E-state index is 5.98. The summed E-state index contributed by atoms with van der Waals surface area (Å²) in [5.74, 6) is 0.751. The monoisotopic (exact) mass is 248 g/mol. The molecule has 0 fully saturated rings. The molecular formula is C10H25ClMgOSi. The molecule has 0 heterocycles. The predicted molar refractivity (Wildman–Crippen MR) is 71.1 cm³/mol. The molecule has 0 aliphatic heterocycles. The van der Waals surface area contributed by atoms with Crippen molar-refractivity contribution in [1.29, 1.82) is 0 Å². The minimum atomic E-state index is -1.50. The van der Waals surface area contributed by atoms with E-state index in [1.807, 2.05) is 0 Å². The molecule has 0 saturated carbocycles. The maximum absolute atomic E-state index is 5.98. The van der Waals surface area contributed by atoms with Crippen LogP contribution >= 0.6 is 11.6 Å². The molecule has 0 unspecified atom stereocenters. The van der Waals surface area contributed by atoms with Gasteiger partial charge in [-0.15, -0.1) is 11.6 Å². The molecule has 0 N–H and O–H groups in total. The summed E-state index contributed by atoms with van der Waals surface area (Å²) in [5.41, 5.74) is 0. The van der Waals surface area contributed by atoms with E-state index < -0.39 is 8.32 Å². The molecule has 0 amide bonds. The first-order valence-corrected chi connectivity index (χ1v) is 8.45. The minimum absolute atomic E-state index is 0. The molecular weight excluding hydrogens is 224 g/mol. The fraction of sp³-hybridized carbons (Fsp3) is 1.00. The molecule has 0 saturated heterocycles. The third kappa shape index (κ3) is 6.67. The molecule has 0 aliphatic carbocycles. The Kier molecular flexibility index (Phi) is 9.44. The summed E-state index contributed by atoms with van der Waals surface area (Å²) in [7, 11) is -1.50. The van der Waals surface area contributed by atoms with Gasteiger partial charge in [-0.1, -0.05) is 20.8 Å². The summed E-state index contributed by atoms with van der Waals surface area (Å²) < 4.78 is 5.98. The molecule has 1 nitrogen and oxygen atoms in total. The molecule has 0 atom stereocenters. The summed E-state index contributed by atoms with van der Waals surface area (Å²) in [6, 6.07) is 0. The number of halogens is 1. The molecule has 14 heavy (non-hydrogen) atoms. The van der Waals surface area contributed by atoms with Gasteiger partial charge < -0.3 is 7.28 Å². The van der Waals surface area contributed by atoms with E-state index in [2.05, 4.69) is 33.9 Å². The first-order chi connectivity index (χ1) is 5.81. The van der Waals surface area contributed by atoms with Crippen LogP contribution in [0.3, 0.4) is 0 Å². The topological polar surface area (TPSA) is 9.23 Å². The van der Waals surface area contributed by atoms with E-state index in [4.69, 9.17) is 16.0 Å². The van der Waals surface area contributed by atoms with Crippen LogP contribution in [0, 0.1) is 0 Å². The van der Waals surface area contributed by atoms with E-state index >= 15 is 0 Å². The number of unbranched alkanes of at least 4 members (excludes halogenated alkanes) is 1. The fourth-order valence-corrected chi connectivity index (χ4v) is 2.02. The molecule has 0 aliphatic rings. The number of hydrogen-bond acceptors (Lipinski definition) is 1. The first-order valence-electron chi connectivity index (χ1n) is 5.01. The Balaban J connectivity index is -0.000000240. The van der Waals surface area contributed by atoms with Gasteiger partial charge in [0.2, 0.25) is 0 Å². The van der Waals surface area contributed by atoms with Crippen LogP contribution in [-0.4, -0.2) is 43.9 Å². The predicted octanol–water partition coefficient (Wildman–Crippen LogP) is 3.87. The van der Waals surface area contributed by atoms with Gasteiger partial charge in [0.1, 0.15) is 0 Å². The normalized spacial score (nSPS) is 12.4. The summed E-state index contributed by atoms with van der Waals surface area (Å²) in [4.78, 5) is 0. The van der Waals surface area contributed by atoms with Gasteiger partial charge in [-0.3, -0.25) is 0 Å². The molecule has 0 rings (SSSR count). The summed E-state index contributed by atoms with van der Waals surface area (Å²) in [6.07, 6.45) is 2.16. The third-order valence-electron chi connectivity index (χ3n) is 2.80. The van der Waals surface area contributed by atoms with Crippen molar-refractivity contribution in [2.24, 2.45) is 0 Å². The van der Waals surface area contributed by atoms with Gasteiger partial charge in [-0.25, -0.2) is 0 Å². The van der Waals surface area contributed by atoms with Gasteiger partial charge >= 0.3 is 23.1 Å². The molecule has 0 radical (unpaired) electrons. The number of hydrogen-bond donors (Lipinski definition) is 0.